The van der Waals surface area contributed by atoms with E-state index in [1.807, 2.05) is 12.1 Å². The fraction of sp³-hybridized carbons (Fsp3) is 0.600. The van der Waals surface area contributed by atoms with E-state index in [-0.39, 0.29) is 11.4 Å². The van der Waals surface area contributed by atoms with Gasteiger partial charge in [0.1, 0.15) is 5.82 Å². The van der Waals surface area contributed by atoms with Gasteiger partial charge >= 0.3 is 0 Å². The van der Waals surface area contributed by atoms with Gasteiger partial charge in [0.25, 0.3) is 0 Å². The van der Waals surface area contributed by atoms with Gasteiger partial charge < -0.3 is 5.73 Å². The van der Waals surface area contributed by atoms with Crippen LogP contribution in [0, 0.1) is 11.7 Å². The second-order valence-corrected chi connectivity index (χ2v) is 5.76. The van der Waals surface area contributed by atoms with Gasteiger partial charge in [-0.3, -0.25) is 4.90 Å². The van der Waals surface area contributed by atoms with E-state index < -0.39 is 0 Å². The van der Waals surface area contributed by atoms with Crippen LogP contribution >= 0.6 is 0 Å². The summed E-state index contributed by atoms with van der Waals surface area (Å²) in [5, 5.41) is 0. The van der Waals surface area contributed by atoms with Gasteiger partial charge in [-0.1, -0.05) is 19.1 Å². The Labute approximate surface area is 109 Å². The number of hydrogen-bond acceptors (Lipinski definition) is 2. The lowest BCUT2D eigenvalue weighted by atomic mass is 9.94. The zero-order chi connectivity index (χ0) is 13.2. The normalized spacial score (nSPS) is 27.9. The maximum absolute atomic E-state index is 12.9. The van der Waals surface area contributed by atoms with E-state index in [0.717, 1.165) is 18.0 Å². The highest BCUT2D eigenvalue weighted by Crippen LogP contribution is 2.38. The maximum Gasteiger partial charge on any atom is 0.123 e. The molecule has 2 rings (SSSR count). The number of hydrogen-bond donors (Lipinski definition) is 1. The number of nitrogens with zero attached hydrogens (tertiary/aromatic N) is 1. The van der Waals surface area contributed by atoms with Gasteiger partial charge in [-0.2, -0.15) is 0 Å². The SMILES string of the molecule is CC1CCC(CN)(N(C)Cc2ccc(F)cc2)C1. The summed E-state index contributed by atoms with van der Waals surface area (Å²) in [5.41, 5.74) is 7.29. The Bertz CT molecular complexity index is 390. The Hall–Kier alpha value is -0.930. The van der Waals surface area contributed by atoms with Gasteiger partial charge in [0.15, 0.2) is 0 Å². The first kappa shape index (κ1) is 13.5. The molecule has 1 saturated carbocycles. The Kier molecular flexibility index (Phi) is 4.03. The number of likely N-dealkylation sites (N-methyl/N-ethyl adjacent to an activating group) is 1. The second-order valence-electron chi connectivity index (χ2n) is 5.76. The smallest absolute Gasteiger partial charge is 0.123 e. The lowest BCUT2D eigenvalue weighted by Crippen LogP contribution is -2.49. The van der Waals surface area contributed by atoms with E-state index in [4.69, 9.17) is 5.73 Å². The molecular weight excluding hydrogens is 227 g/mol. The topological polar surface area (TPSA) is 29.3 Å². The monoisotopic (exact) mass is 250 g/mol. The average molecular weight is 250 g/mol. The molecule has 1 aliphatic rings. The minimum Gasteiger partial charge on any atom is -0.329 e. The Balaban J connectivity index is 2.06. The predicted molar refractivity (Wildman–Crippen MR) is 72.7 cm³/mol. The molecule has 1 fully saturated rings. The summed E-state index contributed by atoms with van der Waals surface area (Å²) in [4.78, 5) is 2.35. The maximum atomic E-state index is 12.9. The molecule has 3 heteroatoms. The van der Waals surface area contributed by atoms with Gasteiger partial charge in [-0.25, -0.2) is 4.39 Å². The lowest BCUT2D eigenvalue weighted by Gasteiger charge is -2.38. The fourth-order valence-electron chi connectivity index (χ4n) is 3.09. The van der Waals surface area contributed by atoms with E-state index in [2.05, 4.69) is 18.9 Å². The molecule has 2 atom stereocenters. The second kappa shape index (κ2) is 5.37. The first-order valence-corrected chi connectivity index (χ1v) is 6.71. The lowest BCUT2D eigenvalue weighted by molar-refractivity contribution is 0.120. The molecule has 1 aromatic carbocycles. The van der Waals surface area contributed by atoms with Crippen LogP contribution in [-0.2, 0) is 6.54 Å². The molecule has 0 aromatic heterocycles. The first-order chi connectivity index (χ1) is 8.55. The summed E-state index contributed by atoms with van der Waals surface area (Å²) in [6.07, 6.45) is 3.59. The highest BCUT2D eigenvalue weighted by Gasteiger charge is 2.39. The Morgan fingerprint density at radius 3 is 2.56 bits per heavy atom. The molecule has 0 heterocycles. The van der Waals surface area contributed by atoms with Crippen LogP contribution in [0.25, 0.3) is 0 Å². The zero-order valence-corrected chi connectivity index (χ0v) is 11.3. The van der Waals surface area contributed by atoms with Crippen molar-refractivity contribution in [2.75, 3.05) is 13.6 Å². The number of nitrogens with two attached hydrogens (primary N) is 1. The third kappa shape index (κ3) is 2.73. The molecule has 2 unspecified atom stereocenters. The van der Waals surface area contributed by atoms with E-state index in [1.165, 1.54) is 31.4 Å². The molecule has 2 nitrogen and oxygen atoms in total. The zero-order valence-electron chi connectivity index (χ0n) is 11.3. The first-order valence-electron chi connectivity index (χ1n) is 6.71. The van der Waals surface area contributed by atoms with Crippen molar-refractivity contribution in [1.82, 2.24) is 4.90 Å². The van der Waals surface area contributed by atoms with Crippen LogP contribution in [0.5, 0.6) is 0 Å². The van der Waals surface area contributed by atoms with Crippen molar-refractivity contribution in [3.8, 4) is 0 Å². The largest absolute Gasteiger partial charge is 0.329 e. The average Bonchev–Trinajstić information content (AvgIpc) is 2.75. The summed E-state index contributed by atoms with van der Waals surface area (Å²) in [6.45, 7) is 3.84. The van der Waals surface area contributed by atoms with Crippen LogP contribution < -0.4 is 5.73 Å². The molecule has 0 radical (unpaired) electrons. The number of rotatable bonds is 4. The molecule has 2 N–H and O–H groups in total. The Morgan fingerprint density at radius 2 is 2.06 bits per heavy atom. The summed E-state index contributed by atoms with van der Waals surface area (Å²) >= 11 is 0. The summed E-state index contributed by atoms with van der Waals surface area (Å²) in [6, 6.07) is 6.76. The standard InChI is InChI=1S/C15H23FN2/c1-12-7-8-15(9-12,11-17)18(2)10-13-3-5-14(16)6-4-13/h3-6,12H,7-11,17H2,1-2H3. The van der Waals surface area contributed by atoms with E-state index in [1.54, 1.807) is 0 Å². The van der Waals surface area contributed by atoms with Crippen LogP contribution in [0.15, 0.2) is 24.3 Å². The highest BCUT2D eigenvalue weighted by molar-refractivity contribution is 5.16. The predicted octanol–water partition coefficient (Wildman–Crippen LogP) is 2.78. The third-order valence-electron chi connectivity index (χ3n) is 4.35. The third-order valence-corrected chi connectivity index (χ3v) is 4.35. The van der Waals surface area contributed by atoms with Crippen molar-refractivity contribution in [3.63, 3.8) is 0 Å². The molecule has 0 spiro atoms. The minimum absolute atomic E-state index is 0.133. The van der Waals surface area contributed by atoms with Crippen molar-refractivity contribution in [2.45, 2.75) is 38.3 Å². The molecule has 100 valence electrons. The van der Waals surface area contributed by atoms with Crippen molar-refractivity contribution >= 4 is 0 Å². The number of benzene rings is 1. The quantitative estimate of drug-likeness (QED) is 0.890. The van der Waals surface area contributed by atoms with Gasteiger partial charge in [-0.15, -0.1) is 0 Å². The van der Waals surface area contributed by atoms with Crippen molar-refractivity contribution in [1.29, 1.82) is 0 Å². The van der Waals surface area contributed by atoms with Crippen LogP contribution in [0.1, 0.15) is 31.7 Å². The highest BCUT2D eigenvalue weighted by atomic mass is 19.1. The van der Waals surface area contributed by atoms with Crippen molar-refractivity contribution in [2.24, 2.45) is 11.7 Å². The molecule has 0 bridgehead atoms. The van der Waals surface area contributed by atoms with E-state index in [9.17, 15) is 4.39 Å². The molecule has 0 saturated heterocycles. The van der Waals surface area contributed by atoms with Gasteiger partial charge in [0.05, 0.1) is 0 Å². The van der Waals surface area contributed by atoms with Crippen LogP contribution in [-0.4, -0.2) is 24.0 Å². The van der Waals surface area contributed by atoms with Gasteiger partial charge in [0, 0.05) is 18.6 Å². The molecular formula is C15H23FN2. The Morgan fingerprint density at radius 1 is 1.39 bits per heavy atom. The van der Waals surface area contributed by atoms with Crippen LogP contribution in [0.2, 0.25) is 0 Å². The molecule has 1 aromatic rings. The van der Waals surface area contributed by atoms with Crippen molar-refractivity contribution < 1.29 is 4.39 Å². The summed E-state index contributed by atoms with van der Waals surface area (Å²) < 4.78 is 12.9. The minimum atomic E-state index is -0.176. The van der Waals surface area contributed by atoms with E-state index >= 15 is 0 Å². The summed E-state index contributed by atoms with van der Waals surface area (Å²) in [5.74, 6) is 0.577. The molecule has 0 amide bonds. The summed E-state index contributed by atoms with van der Waals surface area (Å²) in [7, 11) is 2.13. The van der Waals surface area contributed by atoms with Gasteiger partial charge in [0.2, 0.25) is 0 Å². The van der Waals surface area contributed by atoms with Crippen molar-refractivity contribution in [3.05, 3.63) is 35.6 Å². The molecule has 18 heavy (non-hydrogen) atoms. The van der Waals surface area contributed by atoms with Gasteiger partial charge in [-0.05, 0) is 49.9 Å². The fourth-order valence-corrected chi connectivity index (χ4v) is 3.09. The molecule has 0 aliphatic heterocycles. The van der Waals surface area contributed by atoms with Crippen LogP contribution in [0.4, 0.5) is 4.39 Å². The molecule has 1 aliphatic carbocycles. The van der Waals surface area contributed by atoms with Crippen LogP contribution in [0.3, 0.4) is 0 Å². The number of halogens is 1. The van der Waals surface area contributed by atoms with E-state index in [0.29, 0.717) is 6.54 Å².